The minimum absolute atomic E-state index is 0.0477. The average molecular weight is 436 g/mol. The molecule has 0 unspecified atom stereocenters. The molecule has 2 heterocycles. The number of nitrogens with zero attached hydrogens (tertiary/aromatic N) is 3. The van der Waals surface area contributed by atoms with Gasteiger partial charge in [-0.1, -0.05) is 6.07 Å². The average Bonchev–Trinajstić information content (AvgIpc) is 3.10. The Labute approximate surface area is 183 Å². The third-order valence-corrected chi connectivity index (χ3v) is 6.69. The Morgan fingerprint density at radius 1 is 1.03 bits per heavy atom. The molecule has 1 saturated heterocycles. The van der Waals surface area contributed by atoms with Gasteiger partial charge in [0, 0.05) is 36.7 Å². The Morgan fingerprint density at radius 2 is 1.75 bits per heavy atom. The number of rotatable bonds is 3. The van der Waals surface area contributed by atoms with E-state index in [1.54, 1.807) is 24.5 Å². The summed E-state index contributed by atoms with van der Waals surface area (Å²) in [5, 5.41) is 3.08. The van der Waals surface area contributed by atoms with Crippen LogP contribution in [-0.4, -0.2) is 34.4 Å². The molecule has 32 heavy (non-hydrogen) atoms. The number of fused-ring (bicyclic) bond motifs is 1. The van der Waals surface area contributed by atoms with Gasteiger partial charge in [0.05, 0.1) is 16.5 Å². The van der Waals surface area contributed by atoms with E-state index in [9.17, 15) is 18.4 Å². The highest BCUT2D eigenvalue weighted by atomic mass is 19.1. The summed E-state index contributed by atoms with van der Waals surface area (Å²) in [4.78, 5) is 36.1. The second-order valence-electron chi connectivity index (χ2n) is 8.59. The summed E-state index contributed by atoms with van der Waals surface area (Å²) in [6.07, 6.45) is 6.37. The molecule has 8 heteroatoms. The first kappa shape index (κ1) is 20.5. The van der Waals surface area contributed by atoms with Crippen LogP contribution in [0.5, 0.6) is 0 Å². The molecule has 0 radical (unpaired) electrons. The van der Waals surface area contributed by atoms with Crippen molar-refractivity contribution in [2.75, 3.05) is 11.4 Å². The predicted octanol–water partition coefficient (Wildman–Crippen LogP) is 4.00. The van der Waals surface area contributed by atoms with Gasteiger partial charge in [-0.2, -0.15) is 0 Å². The number of halogens is 2. The van der Waals surface area contributed by atoms with Crippen molar-refractivity contribution in [3.05, 3.63) is 66.0 Å². The van der Waals surface area contributed by atoms with E-state index in [0.717, 1.165) is 6.07 Å². The molecule has 1 saturated carbocycles. The summed E-state index contributed by atoms with van der Waals surface area (Å²) in [7, 11) is 0. The van der Waals surface area contributed by atoms with Crippen molar-refractivity contribution in [1.82, 2.24) is 15.3 Å². The van der Waals surface area contributed by atoms with Crippen molar-refractivity contribution in [3.8, 4) is 0 Å². The van der Waals surface area contributed by atoms with E-state index in [2.05, 4.69) is 15.3 Å². The number of para-hydroxylation sites is 1. The fourth-order valence-electron chi connectivity index (χ4n) is 4.98. The number of aromatic nitrogens is 2. The van der Waals surface area contributed by atoms with E-state index in [0.29, 0.717) is 55.2 Å². The third kappa shape index (κ3) is 3.59. The number of nitrogens with one attached hydrogen (secondary N) is 1. The summed E-state index contributed by atoms with van der Waals surface area (Å²) in [5.41, 5.74) is 1.43. The maximum Gasteiger partial charge on any atom is 0.253 e. The lowest BCUT2D eigenvalue weighted by atomic mass is 9.71. The number of carbonyl (C=O) groups excluding carboxylic acids is 2. The maximum absolute atomic E-state index is 13.6. The first-order chi connectivity index (χ1) is 15.4. The molecule has 2 fully saturated rings. The van der Waals surface area contributed by atoms with E-state index in [4.69, 9.17) is 0 Å². The Balaban J connectivity index is 1.26. The van der Waals surface area contributed by atoms with Crippen molar-refractivity contribution in [2.24, 2.45) is 5.41 Å². The fraction of sp³-hybridized carbons (Fsp3) is 0.333. The van der Waals surface area contributed by atoms with Crippen molar-refractivity contribution < 1.29 is 18.4 Å². The smallest absolute Gasteiger partial charge is 0.253 e. The number of carbonyl (C=O) groups is 2. The molecule has 1 aliphatic carbocycles. The number of hydrogen-bond acceptors (Lipinski definition) is 4. The summed E-state index contributed by atoms with van der Waals surface area (Å²) < 4.78 is 27.3. The Bertz CT molecular complexity index is 1180. The number of anilines is 1. The van der Waals surface area contributed by atoms with Gasteiger partial charge in [-0.25, -0.2) is 8.78 Å². The van der Waals surface area contributed by atoms with Crippen LogP contribution >= 0.6 is 0 Å². The number of hydrogen-bond donors (Lipinski definition) is 1. The molecule has 1 N–H and O–H groups in total. The van der Waals surface area contributed by atoms with Crippen LogP contribution in [0.1, 0.15) is 42.5 Å². The minimum atomic E-state index is -0.696. The Kier molecular flexibility index (Phi) is 5.07. The third-order valence-electron chi connectivity index (χ3n) is 6.69. The largest absolute Gasteiger partial charge is 0.349 e. The molecule has 2 amide bonds. The molecule has 1 aromatic heterocycles. The monoisotopic (exact) mass is 436 g/mol. The molecular weight excluding hydrogens is 414 g/mol. The highest BCUT2D eigenvalue weighted by Crippen LogP contribution is 2.46. The van der Waals surface area contributed by atoms with Gasteiger partial charge in [0.2, 0.25) is 5.91 Å². The fourth-order valence-corrected chi connectivity index (χ4v) is 4.98. The first-order valence-corrected chi connectivity index (χ1v) is 10.7. The lowest BCUT2D eigenvalue weighted by Gasteiger charge is -2.36. The highest BCUT2D eigenvalue weighted by Gasteiger charge is 2.49. The van der Waals surface area contributed by atoms with Crippen LogP contribution < -0.4 is 10.2 Å². The zero-order valence-corrected chi connectivity index (χ0v) is 17.4. The quantitative estimate of drug-likeness (QED) is 0.673. The lowest BCUT2D eigenvalue weighted by Crippen LogP contribution is -2.44. The minimum Gasteiger partial charge on any atom is -0.349 e. The zero-order chi connectivity index (χ0) is 22.3. The second-order valence-corrected chi connectivity index (χ2v) is 8.59. The molecule has 0 atom stereocenters. The molecule has 2 aliphatic rings. The molecular formula is C24H22F2N4O2. The summed E-state index contributed by atoms with van der Waals surface area (Å²) in [6.45, 7) is 0.438. The van der Waals surface area contributed by atoms with Crippen LogP contribution in [0.15, 0.2) is 48.8 Å². The van der Waals surface area contributed by atoms with Crippen LogP contribution in [0.3, 0.4) is 0 Å². The van der Waals surface area contributed by atoms with Gasteiger partial charge in [-0.15, -0.1) is 0 Å². The van der Waals surface area contributed by atoms with Crippen LogP contribution in [0.4, 0.5) is 14.5 Å². The van der Waals surface area contributed by atoms with Crippen LogP contribution in [-0.2, 0) is 4.79 Å². The van der Waals surface area contributed by atoms with Gasteiger partial charge in [0.15, 0.2) is 0 Å². The standard InChI is InChI=1S/C24H22F2N4O2/c25-15-12-16(26)14-18(13-15)30-11-8-24(23(30)32)6-4-17(5-7-24)29-22(31)19-2-1-3-20-21(19)28-10-9-27-20/h1-3,9-10,12-14,17H,4-8,11H2,(H,29,31). The molecule has 5 rings (SSSR count). The summed E-state index contributed by atoms with van der Waals surface area (Å²) >= 11 is 0. The molecule has 2 aromatic carbocycles. The summed E-state index contributed by atoms with van der Waals surface area (Å²) in [6, 6.07) is 8.46. The maximum atomic E-state index is 13.6. The zero-order valence-electron chi connectivity index (χ0n) is 17.4. The van der Waals surface area contributed by atoms with Crippen LogP contribution in [0, 0.1) is 17.0 Å². The molecule has 6 nitrogen and oxygen atoms in total. The number of amides is 2. The predicted molar refractivity (Wildman–Crippen MR) is 115 cm³/mol. The molecule has 164 valence electrons. The second kappa shape index (κ2) is 7.93. The van der Waals surface area contributed by atoms with Gasteiger partial charge >= 0.3 is 0 Å². The van der Waals surface area contributed by atoms with Crippen LogP contribution in [0.2, 0.25) is 0 Å². The van der Waals surface area contributed by atoms with Crippen LogP contribution in [0.25, 0.3) is 11.0 Å². The normalized spacial score (nSPS) is 23.1. The molecule has 0 bridgehead atoms. The van der Waals surface area contributed by atoms with Crippen molar-refractivity contribution in [3.63, 3.8) is 0 Å². The van der Waals surface area contributed by atoms with E-state index >= 15 is 0 Å². The van der Waals surface area contributed by atoms with Crippen molar-refractivity contribution in [1.29, 1.82) is 0 Å². The van der Waals surface area contributed by atoms with Gasteiger partial charge < -0.3 is 10.2 Å². The molecule has 3 aromatic rings. The van der Waals surface area contributed by atoms with E-state index in [1.165, 1.54) is 17.0 Å². The molecule has 1 aliphatic heterocycles. The van der Waals surface area contributed by atoms with Gasteiger partial charge in [-0.05, 0) is 56.4 Å². The Morgan fingerprint density at radius 3 is 2.50 bits per heavy atom. The molecule has 1 spiro atoms. The highest BCUT2D eigenvalue weighted by molar-refractivity contribution is 6.04. The van der Waals surface area contributed by atoms with Crippen molar-refractivity contribution >= 4 is 28.5 Å². The van der Waals surface area contributed by atoms with E-state index in [1.807, 2.05) is 6.07 Å². The van der Waals surface area contributed by atoms with E-state index < -0.39 is 17.0 Å². The van der Waals surface area contributed by atoms with Crippen molar-refractivity contribution in [2.45, 2.75) is 38.1 Å². The van der Waals surface area contributed by atoms with Gasteiger partial charge in [0.25, 0.3) is 5.91 Å². The Hall–Kier alpha value is -3.42. The van der Waals surface area contributed by atoms with E-state index in [-0.39, 0.29) is 23.5 Å². The SMILES string of the molecule is O=C(NC1CCC2(CC1)CCN(c1cc(F)cc(F)c1)C2=O)c1cccc2nccnc12. The van der Waals surface area contributed by atoms with Gasteiger partial charge in [0.1, 0.15) is 17.2 Å². The summed E-state index contributed by atoms with van der Waals surface area (Å²) in [5.74, 6) is -1.68. The first-order valence-electron chi connectivity index (χ1n) is 10.7. The topological polar surface area (TPSA) is 75.2 Å². The lowest BCUT2D eigenvalue weighted by molar-refractivity contribution is -0.127. The van der Waals surface area contributed by atoms with Gasteiger partial charge in [-0.3, -0.25) is 19.6 Å². The number of benzene rings is 2.